The van der Waals surface area contributed by atoms with Crippen molar-refractivity contribution in [1.82, 2.24) is 19.2 Å². The van der Waals surface area contributed by atoms with Gasteiger partial charge in [-0.3, -0.25) is 14.6 Å². The van der Waals surface area contributed by atoms with Crippen molar-refractivity contribution in [3.8, 4) is 5.75 Å². The Bertz CT molecular complexity index is 2000. The third-order valence-corrected chi connectivity index (χ3v) is 9.49. The zero-order chi connectivity index (χ0) is 32.4. The van der Waals surface area contributed by atoms with E-state index in [4.69, 9.17) is 4.74 Å². The predicted molar refractivity (Wildman–Crippen MR) is 169 cm³/mol. The fraction of sp³-hybridized carbons (Fsp3) is 0.265. The molecule has 2 aromatic heterocycles. The molecule has 2 aromatic carbocycles. The lowest BCUT2D eigenvalue weighted by molar-refractivity contribution is 0.0948. The maximum absolute atomic E-state index is 13.7. The van der Waals surface area contributed by atoms with Crippen molar-refractivity contribution in [2.75, 3.05) is 19.3 Å². The highest BCUT2D eigenvalue weighted by Gasteiger charge is 2.26. The summed E-state index contributed by atoms with van der Waals surface area (Å²) in [5, 5.41) is 2.83. The van der Waals surface area contributed by atoms with Gasteiger partial charge in [-0.2, -0.15) is 0 Å². The van der Waals surface area contributed by atoms with Crippen molar-refractivity contribution < 1.29 is 26.7 Å². The number of nitrogens with zero attached hydrogens (tertiary/aromatic N) is 3. The quantitative estimate of drug-likeness (QED) is 0.291. The number of hydrogen-bond donors (Lipinski definition) is 1. The minimum Gasteiger partial charge on any atom is -0.490 e. The van der Waals surface area contributed by atoms with Gasteiger partial charge in [-0.15, -0.1) is 0 Å². The van der Waals surface area contributed by atoms with Gasteiger partial charge in [0.05, 0.1) is 18.5 Å². The fourth-order valence-electron chi connectivity index (χ4n) is 5.83. The smallest absolute Gasteiger partial charge is 0.263 e. The molecular weight excluding hydrogens is 614 g/mol. The second-order valence-corrected chi connectivity index (χ2v) is 13.4. The number of allylic oxidation sites excluding steroid dienone is 1. The number of rotatable bonds is 9. The van der Waals surface area contributed by atoms with E-state index in [2.05, 4.69) is 16.4 Å². The number of sulfonamides is 1. The lowest BCUT2D eigenvalue weighted by Gasteiger charge is -2.30. The minimum absolute atomic E-state index is 0.0333. The summed E-state index contributed by atoms with van der Waals surface area (Å²) in [4.78, 5) is 30.8. The van der Waals surface area contributed by atoms with Crippen LogP contribution in [-0.4, -0.2) is 53.6 Å². The maximum atomic E-state index is 13.7. The third-order valence-electron chi connectivity index (χ3n) is 8.18. The highest BCUT2D eigenvalue weighted by molar-refractivity contribution is 7.88. The standard InChI is InChI=1S/C34H32F2N4O5S/c1-46(43,44)40-14-10-25(11-15-40)45-26-17-23(16-24(19-26)27-7-9-32-28(27)4-2-12-37-32)20-38-33(41)29-5-3-13-39(34(29)42)21-22-6-8-30(35)31(36)18-22/h2-8,12-13,16-19,25H,9-11,14-15,20-21H2,1H3,(H,38,41). The van der Waals surface area contributed by atoms with E-state index in [-0.39, 0.29) is 24.8 Å². The molecular formula is C34H32F2N4O5S. The van der Waals surface area contributed by atoms with E-state index in [0.29, 0.717) is 43.7 Å². The van der Waals surface area contributed by atoms with Crippen LogP contribution in [0.5, 0.6) is 5.75 Å². The molecule has 1 fully saturated rings. The Morgan fingerprint density at radius 1 is 1.02 bits per heavy atom. The summed E-state index contributed by atoms with van der Waals surface area (Å²) < 4.78 is 60.0. The van der Waals surface area contributed by atoms with Crippen molar-refractivity contribution in [3.05, 3.63) is 135 Å². The van der Waals surface area contributed by atoms with Crippen LogP contribution in [-0.2, 0) is 29.5 Å². The van der Waals surface area contributed by atoms with Crippen molar-refractivity contribution in [2.24, 2.45) is 0 Å². The average Bonchev–Trinajstić information content (AvgIpc) is 3.47. The number of aromatic nitrogens is 2. The van der Waals surface area contributed by atoms with Crippen molar-refractivity contribution in [2.45, 2.75) is 38.5 Å². The number of pyridine rings is 2. The third kappa shape index (κ3) is 6.92. The van der Waals surface area contributed by atoms with Gasteiger partial charge in [0.2, 0.25) is 10.0 Å². The SMILES string of the molecule is CS(=O)(=O)N1CCC(Oc2cc(CNC(=O)c3cccn(Cc4ccc(F)c(F)c4)c3=O)cc(C3=CCc4ncccc43)c2)CC1. The summed E-state index contributed by atoms with van der Waals surface area (Å²) in [6.07, 6.45) is 8.15. The molecule has 0 unspecified atom stereocenters. The van der Waals surface area contributed by atoms with Crippen LogP contribution in [0.3, 0.4) is 0 Å². The Morgan fingerprint density at radius 2 is 1.83 bits per heavy atom. The van der Waals surface area contributed by atoms with E-state index >= 15 is 0 Å². The lowest BCUT2D eigenvalue weighted by atomic mass is 9.98. The average molecular weight is 647 g/mol. The first-order valence-electron chi connectivity index (χ1n) is 14.9. The molecule has 1 aliphatic carbocycles. The molecule has 1 N–H and O–H groups in total. The molecule has 9 nitrogen and oxygen atoms in total. The van der Waals surface area contributed by atoms with Gasteiger partial charge in [0, 0.05) is 44.0 Å². The number of amides is 1. The summed E-state index contributed by atoms with van der Waals surface area (Å²) in [6, 6.07) is 16.0. The van der Waals surface area contributed by atoms with Gasteiger partial charge in [-0.1, -0.05) is 18.2 Å². The zero-order valence-corrected chi connectivity index (χ0v) is 25.9. The van der Waals surface area contributed by atoms with E-state index in [0.717, 1.165) is 40.1 Å². The van der Waals surface area contributed by atoms with Crippen LogP contribution in [0.4, 0.5) is 8.78 Å². The van der Waals surface area contributed by atoms with Crippen LogP contribution in [0.2, 0.25) is 0 Å². The van der Waals surface area contributed by atoms with Crippen molar-refractivity contribution in [1.29, 1.82) is 0 Å². The molecule has 6 rings (SSSR count). The molecule has 0 spiro atoms. The van der Waals surface area contributed by atoms with Gasteiger partial charge in [0.15, 0.2) is 11.6 Å². The van der Waals surface area contributed by atoms with Crippen LogP contribution >= 0.6 is 0 Å². The second-order valence-electron chi connectivity index (χ2n) is 11.5. The van der Waals surface area contributed by atoms with Crippen LogP contribution in [0, 0.1) is 11.6 Å². The van der Waals surface area contributed by atoms with E-state index in [1.807, 2.05) is 30.3 Å². The summed E-state index contributed by atoms with van der Waals surface area (Å²) in [5.74, 6) is -1.99. The number of hydrogen-bond acceptors (Lipinski definition) is 6. The van der Waals surface area contributed by atoms with Gasteiger partial charge in [-0.25, -0.2) is 21.5 Å². The molecule has 0 atom stereocenters. The fourth-order valence-corrected chi connectivity index (χ4v) is 6.71. The molecule has 3 heterocycles. The minimum atomic E-state index is -3.27. The van der Waals surface area contributed by atoms with E-state index in [9.17, 15) is 26.8 Å². The van der Waals surface area contributed by atoms with E-state index < -0.39 is 33.1 Å². The molecule has 238 valence electrons. The van der Waals surface area contributed by atoms with Gasteiger partial charge in [-0.05, 0) is 83.6 Å². The van der Waals surface area contributed by atoms with Gasteiger partial charge in [0.25, 0.3) is 11.5 Å². The number of fused-ring (bicyclic) bond motifs is 1. The molecule has 0 bridgehead atoms. The lowest BCUT2D eigenvalue weighted by Crippen LogP contribution is -2.41. The summed E-state index contributed by atoms with van der Waals surface area (Å²) >= 11 is 0. The highest BCUT2D eigenvalue weighted by Crippen LogP contribution is 2.34. The largest absolute Gasteiger partial charge is 0.490 e. The number of carbonyl (C=O) groups is 1. The molecule has 4 aromatic rings. The summed E-state index contributed by atoms with van der Waals surface area (Å²) in [6.45, 7) is 0.816. The van der Waals surface area contributed by atoms with E-state index in [1.54, 1.807) is 12.3 Å². The Balaban J connectivity index is 1.22. The van der Waals surface area contributed by atoms with E-state index in [1.165, 1.54) is 33.5 Å². The van der Waals surface area contributed by atoms with Crippen LogP contribution in [0.15, 0.2) is 83.9 Å². The first-order chi connectivity index (χ1) is 22.0. The maximum Gasteiger partial charge on any atom is 0.263 e. The summed E-state index contributed by atoms with van der Waals surface area (Å²) in [7, 11) is -3.27. The molecule has 46 heavy (non-hydrogen) atoms. The van der Waals surface area contributed by atoms with Crippen molar-refractivity contribution in [3.63, 3.8) is 0 Å². The number of halogens is 2. The number of benzene rings is 2. The van der Waals surface area contributed by atoms with Gasteiger partial charge < -0.3 is 14.6 Å². The first-order valence-corrected chi connectivity index (χ1v) is 16.7. The Labute approximate surface area is 265 Å². The number of piperidine rings is 1. The molecule has 12 heteroatoms. The first kappa shape index (κ1) is 31.3. The number of nitrogens with one attached hydrogen (secondary N) is 1. The normalized spacial score (nSPS) is 15.3. The topological polar surface area (TPSA) is 111 Å². The van der Waals surface area contributed by atoms with Crippen LogP contribution in [0.25, 0.3) is 5.57 Å². The number of carbonyl (C=O) groups excluding carboxylic acids is 1. The molecule has 1 aliphatic heterocycles. The van der Waals surface area contributed by atoms with Gasteiger partial charge >= 0.3 is 0 Å². The second kappa shape index (κ2) is 13.0. The van der Waals surface area contributed by atoms with Crippen LogP contribution in [0.1, 0.15) is 51.1 Å². The van der Waals surface area contributed by atoms with Crippen LogP contribution < -0.4 is 15.6 Å². The summed E-state index contributed by atoms with van der Waals surface area (Å²) in [5.41, 5.74) is 4.33. The zero-order valence-electron chi connectivity index (χ0n) is 25.1. The number of ether oxygens (including phenoxy) is 1. The van der Waals surface area contributed by atoms with Gasteiger partial charge in [0.1, 0.15) is 17.4 Å². The Hall–Kier alpha value is -4.68. The Kier molecular flexibility index (Phi) is 8.83. The molecule has 1 saturated heterocycles. The van der Waals surface area contributed by atoms with Crippen molar-refractivity contribution >= 4 is 21.5 Å². The molecule has 2 aliphatic rings. The molecule has 0 saturated carbocycles. The molecule has 1 amide bonds. The Morgan fingerprint density at radius 3 is 2.59 bits per heavy atom. The molecule has 0 radical (unpaired) electrons. The monoisotopic (exact) mass is 646 g/mol. The highest BCUT2D eigenvalue weighted by atomic mass is 32.2. The predicted octanol–water partition coefficient (Wildman–Crippen LogP) is 4.29.